The number of rotatable bonds is 5. The van der Waals surface area contributed by atoms with Gasteiger partial charge in [0.2, 0.25) is 0 Å². The molecule has 0 aromatic carbocycles. The van der Waals surface area contributed by atoms with Crippen molar-refractivity contribution in [1.82, 2.24) is 20.1 Å². The summed E-state index contributed by atoms with van der Waals surface area (Å²) in [6.45, 7) is 5.05. The molecule has 6 nitrogen and oxygen atoms in total. The predicted octanol–water partition coefficient (Wildman–Crippen LogP) is 1.37. The Morgan fingerprint density at radius 2 is 2.25 bits per heavy atom. The lowest BCUT2D eigenvalue weighted by Gasteiger charge is -2.07. The van der Waals surface area contributed by atoms with E-state index < -0.39 is 0 Å². The van der Waals surface area contributed by atoms with E-state index in [4.69, 9.17) is 5.73 Å². The van der Waals surface area contributed by atoms with Gasteiger partial charge in [0, 0.05) is 18.9 Å². The first-order chi connectivity index (χ1) is 9.65. The van der Waals surface area contributed by atoms with Crippen molar-refractivity contribution in [2.24, 2.45) is 0 Å². The maximum Gasteiger partial charge on any atom is 0.274 e. The molecule has 0 fully saturated rings. The van der Waals surface area contributed by atoms with E-state index in [1.54, 1.807) is 17.1 Å². The van der Waals surface area contributed by atoms with Gasteiger partial charge in [-0.2, -0.15) is 5.10 Å². The summed E-state index contributed by atoms with van der Waals surface area (Å²) in [7, 11) is 0. The van der Waals surface area contributed by atoms with Gasteiger partial charge in [-0.3, -0.25) is 14.5 Å². The molecule has 2 heterocycles. The molecule has 3 N–H and O–H groups in total. The van der Waals surface area contributed by atoms with E-state index >= 15 is 0 Å². The zero-order valence-electron chi connectivity index (χ0n) is 11.8. The van der Waals surface area contributed by atoms with Crippen LogP contribution in [-0.4, -0.2) is 20.7 Å². The fourth-order valence-corrected chi connectivity index (χ4v) is 1.98. The third-order valence-corrected chi connectivity index (χ3v) is 3.11. The van der Waals surface area contributed by atoms with E-state index in [2.05, 4.69) is 22.3 Å². The Bertz CT molecular complexity index is 605. The summed E-state index contributed by atoms with van der Waals surface area (Å²) in [5.41, 5.74) is 8.43. The zero-order valence-corrected chi connectivity index (χ0v) is 11.8. The lowest BCUT2D eigenvalue weighted by Crippen LogP contribution is -2.25. The number of amides is 1. The van der Waals surface area contributed by atoms with Crippen LogP contribution in [0.2, 0.25) is 0 Å². The Morgan fingerprint density at radius 3 is 2.90 bits per heavy atom. The molecule has 0 unspecified atom stereocenters. The first-order valence-corrected chi connectivity index (χ1v) is 6.69. The Balaban J connectivity index is 2.06. The quantitative estimate of drug-likeness (QED) is 0.861. The van der Waals surface area contributed by atoms with Gasteiger partial charge in [-0.1, -0.05) is 13.0 Å². The van der Waals surface area contributed by atoms with Gasteiger partial charge in [0.25, 0.3) is 5.91 Å². The second-order valence-corrected chi connectivity index (χ2v) is 4.43. The number of nitrogens with one attached hydrogen (secondary N) is 1. The highest BCUT2D eigenvalue weighted by Gasteiger charge is 2.14. The maximum absolute atomic E-state index is 12.1. The molecule has 2 aromatic rings. The summed E-state index contributed by atoms with van der Waals surface area (Å²) >= 11 is 0. The molecule has 0 aliphatic rings. The minimum absolute atomic E-state index is 0.265. The average Bonchev–Trinajstić information content (AvgIpc) is 2.86. The third-order valence-electron chi connectivity index (χ3n) is 3.11. The minimum Gasteiger partial charge on any atom is -0.396 e. The monoisotopic (exact) mass is 273 g/mol. The summed E-state index contributed by atoms with van der Waals surface area (Å²) in [6, 6.07) is 3.90. The molecule has 0 spiro atoms. The smallest absolute Gasteiger partial charge is 0.274 e. The lowest BCUT2D eigenvalue weighted by atomic mass is 10.1. The normalized spacial score (nSPS) is 10.5. The molecular weight excluding hydrogens is 254 g/mol. The third kappa shape index (κ3) is 2.96. The van der Waals surface area contributed by atoms with E-state index in [0.29, 0.717) is 18.8 Å². The van der Waals surface area contributed by atoms with Crippen LogP contribution in [0.3, 0.4) is 0 Å². The fraction of sp³-hybridized carbons (Fsp3) is 0.357. The van der Waals surface area contributed by atoms with E-state index in [1.807, 2.05) is 19.1 Å². The van der Waals surface area contributed by atoms with Gasteiger partial charge < -0.3 is 11.1 Å². The predicted molar refractivity (Wildman–Crippen MR) is 77.1 cm³/mol. The largest absolute Gasteiger partial charge is 0.396 e. The van der Waals surface area contributed by atoms with Gasteiger partial charge in [0.1, 0.15) is 0 Å². The standard InChI is InChI=1S/C14H19N5O/c1-3-10-6-5-7-16-12(10)8-17-14(20)13-11(15)9-19(4-2)18-13/h5-7,9H,3-4,8,15H2,1-2H3,(H,17,20). The number of nitrogen functional groups attached to an aromatic ring is 1. The Kier molecular flexibility index (Phi) is 4.34. The summed E-state index contributed by atoms with van der Waals surface area (Å²) in [5.74, 6) is -0.276. The molecule has 0 saturated carbocycles. The van der Waals surface area contributed by atoms with Crippen LogP contribution in [0.5, 0.6) is 0 Å². The number of carbonyl (C=O) groups is 1. The molecule has 0 aliphatic carbocycles. The van der Waals surface area contributed by atoms with E-state index in [1.165, 1.54) is 0 Å². The number of hydrogen-bond donors (Lipinski definition) is 2. The molecular formula is C14H19N5O. The van der Waals surface area contributed by atoms with E-state index in [9.17, 15) is 4.79 Å². The van der Waals surface area contributed by atoms with Crippen LogP contribution in [0.15, 0.2) is 24.5 Å². The number of nitrogens with zero attached hydrogens (tertiary/aromatic N) is 3. The fourth-order valence-electron chi connectivity index (χ4n) is 1.98. The van der Waals surface area contributed by atoms with Crippen molar-refractivity contribution in [3.8, 4) is 0 Å². The van der Waals surface area contributed by atoms with Gasteiger partial charge in [0.15, 0.2) is 5.69 Å². The van der Waals surface area contributed by atoms with E-state index in [0.717, 1.165) is 17.7 Å². The summed E-state index contributed by atoms with van der Waals surface area (Å²) in [4.78, 5) is 16.4. The van der Waals surface area contributed by atoms with Crippen LogP contribution >= 0.6 is 0 Å². The molecule has 0 saturated heterocycles. The minimum atomic E-state index is -0.276. The summed E-state index contributed by atoms with van der Waals surface area (Å²) in [6.07, 6.45) is 4.26. The molecule has 0 atom stereocenters. The van der Waals surface area contributed by atoms with Gasteiger partial charge >= 0.3 is 0 Å². The van der Waals surface area contributed by atoms with E-state index in [-0.39, 0.29) is 11.6 Å². The Morgan fingerprint density at radius 1 is 1.45 bits per heavy atom. The van der Waals surface area contributed by atoms with Gasteiger partial charge in [-0.05, 0) is 25.0 Å². The number of anilines is 1. The molecule has 0 bridgehead atoms. The molecule has 1 amide bonds. The van der Waals surface area contributed by atoms with Gasteiger partial charge in [-0.25, -0.2) is 0 Å². The Labute approximate surface area is 118 Å². The molecule has 20 heavy (non-hydrogen) atoms. The van der Waals surface area contributed by atoms with Crippen molar-refractivity contribution in [3.63, 3.8) is 0 Å². The van der Waals surface area contributed by atoms with Crippen LogP contribution in [-0.2, 0) is 19.5 Å². The number of carbonyl (C=O) groups excluding carboxylic acids is 1. The van der Waals surface area contributed by atoms with Crippen LogP contribution in [0.1, 0.15) is 35.6 Å². The van der Waals surface area contributed by atoms with Crippen molar-refractivity contribution in [3.05, 3.63) is 41.5 Å². The summed E-state index contributed by atoms with van der Waals surface area (Å²) < 4.78 is 1.64. The first kappa shape index (κ1) is 14.0. The maximum atomic E-state index is 12.1. The number of hydrogen-bond acceptors (Lipinski definition) is 4. The van der Waals surface area contributed by atoms with Crippen molar-refractivity contribution >= 4 is 11.6 Å². The number of aromatic nitrogens is 3. The molecule has 2 aromatic heterocycles. The zero-order chi connectivity index (χ0) is 14.5. The second-order valence-electron chi connectivity index (χ2n) is 4.43. The van der Waals surface area contributed by atoms with Crippen molar-refractivity contribution < 1.29 is 4.79 Å². The van der Waals surface area contributed by atoms with Crippen molar-refractivity contribution in [2.45, 2.75) is 33.4 Å². The van der Waals surface area contributed by atoms with Crippen LogP contribution in [0, 0.1) is 0 Å². The van der Waals surface area contributed by atoms with Crippen molar-refractivity contribution in [1.29, 1.82) is 0 Å². The highest BCUT2D eigenvalue weighted by atomic mass is 16.2. The summed E-state index contributed by atoms with van der Waals surface area (Å²) in [5, 5.41) is 6.95. The molecule has 0 aliphatic heterocycles. The second kappa shape index (κ2) is 6.18. The first-order valence-electron chi connectivity index (χ1n) is 6.69. The topological polar surface area (TPSA) is 85.8 Å². The van der Waals surface area contributed by atoms with Crippen molar-refractivity contribution in [2.75, 3.05) is 5.73 Å². The highest BCUT2D eigenvalue weighted by molar-refractivity contribution is 5.96. The Hall–Kier alpha value is -2.37. The van der Waals surface area contributed by atoms with Gasteiger partial charge in [0.05, 0.1) is 17.9 Å². The van der Waals surface area contributed by atoms with Crippen LogP contribution in [0.4, 0.5) is 5.69 Å². The number of nitrogens with two attached hydrogens (primary N) is 1. The molecule has 106 valence electrons. The van der Waals surface area contributed by atoms with Crippen LogP contribution in [0.25, 0.3) is 0 Å². The number of pyridine rings is 1. The molecule has 6 heteroatoms. The molecule has 0 radical (unpaired) electrons. The van der Waals surface area contributed by atoms with Gasteiger partial charge in [-0.15, -0.1) is 0 Å². The average molecular weight is 273 g/mol. The highest BCUT2D eigenvalue weighted by Crippen LogP contribution is 2.10. The molecule has 2 rings (SSSR count). The lowest BCUT2D eigenvalue weighted by molar-refractivity contribution is 0.0945. The SMILES string of the molecule is CCc1cccnc1CNC(=O)c1nn(CC)cc1N. The van der Waals surface area contributed by atoms with Crippen LogP contribution < -0.4 is 11.1 Å². The number of aryl methyl sites for hydroxylation is 2.